The SMILES string of the molecule is CC(=O)[C@H]1CCN(C(C)(C)C)C1. The number of rotatable bonds is 1. The van der Waals surface area contributed by atoms with E-state index in [1.165, 1.54) is 0 Å². The van der Waals surface area contributed by atoms with Gasteiger partial charge in [0.15, 0.2) is 0 Å². The number of nitrogens with zero attached hydrogens (tertiary/aromatic N) is 1. The van der Waals surface area contributed by atoms with Crippen LogP contribution >= 0.6 is 0 Å². The second-order valence-electron chi connectivity index (χ2n) is 4.71. The predicted molar refractivity (Wildman–Crippen MR) is 50.1 cm³/mol. The number of likely N-dealkylation sites (tertiary alicyclic amines) is 1. The van der Waals surface area contributed by atoms with E-state index in [9.17, 15) is 4.79 Å². The zero-order chi connectivity index (χ0) is 9.35. The van der Waals surface area contributed by atoms with Gasteiger partial charge in [0.25, 0.3) is 0 Å². The first-order valence-corrected chi connectivity index (χ1v) is 4.67. The zero-order valence-corrected chi connectivity index (χ0v) is 8.55. The highest BCUT2D eigenvalue weighted by molar-refractivity contribution is 5.78. The van der Waals surface area contributed by atoms with E-state index in [1.54, 1.807) is 6.92 Å². The van der Waals surface area contributed by atoms with Gasteiger partial charge in [0.2, 0.25) is 0 Å². The van der Waals surface area contributed by atoms with Gasteiger partial charge in [-0.15, -0.1) is 0 Å². The van der Waals surface area contributed by atoms with E-state index in [1.807, 2.05) is 0 Å². The van der Waals surface area contributed by atoms with E-state index in [4.69, 9.17) is 0 Å². The molecule has 0 spiro atoms. The van der Waals surface area contributed by atoms with E-state index in [-0.39, 0.29) is 5.54 Å². The summed E-state index contributed by atoms with van der Waals surface area (Å²) in [6.07, 6.45) is 1.05. The van der Waals surface area contributed by atoms with Gasteiger partial charge in [-0.25, -0.2) is 0 Å². The van der Waals surface area contributed by atoms with Crippen molar-refractivity contribution in [1.29, 1.82) is 0 Å². The molecule has 2 nitrogen and oxygen atoms in total. The van der Waals surface area contributed by atoms with Gasteiger partial charge in [0, 0.05) is 18.0 Å². The lowest BCUT2D eigenvalue weighted by Gasteiger charge is -2.31. The molecule has 0 amide bonds. The van der Waals surface area contributed by atoms with Gasteiger partial charge in [-0.2, -0.15) is 0 Å². The van der Waals surface area contributed by atoms with Crippen LogP contribution in [0.4, 0.5) is 0 Å². The topological polar surface area (TPSA) is 20.3 Å². The minimum absolute atomic E-state index is 0.226. The van der Waals surface area contributed by atoms with Crippen LogP contribution in [0.15, 0.2) is 0 Å². The average molecular weight is 169 g/mol. The molecule has 1 heterocycles. The molecule has 1 atom stereocenters. The monoisotopic (exact) mass is 169 g/mol. The predicted octanol–water partition coefficient (Wildman–Crippen LogP) is 1.70. The number of hydrogen-bond donors (Lipinski definition) is 0. The normalized spacial score (nSPS) is 26.2. The number of ketones is 1. The molecule has 0 unspecified atom stereocenters. The Balaban J connectivity index is 2.51. The molecule has 1 aliphatic heterocycles. The van der Waals surface area contributed by atoms with Crippen molar-refractivity contribution in [2.75, 3.05) is 13.1 Å². The fourth-order valence-electron chi connectivity index (χ4n) is 1.70. The molecule has 0 bridgehead atoms. The number of carbonyl (C=O) groups excluding carboxylic acids is 1. The average Bonchev–Trinajstić information content (AvgIpc) is 2.30. The number of hydrogen-bond acceptors (Lipinski definition) is 2. The van der Waals surface area contributed by atoms with Crippen molar-refractivity contribution < 1.29 is 4.79 Å². The largest absolute Gasteiger partial charge is 0.300 e. The smallest absolute Gasteiger partial charge is 0.134 e. The van der Waals surface area contributed by atoms with Crippen LogP contribution in [0.25, 0.3) is 0 Å². The summed E-state index contributed by atoms with van der Waals surface area (Å²) in [6, 6.07) is 0. The highest BCUT2D eigenvalue weighted by atomic mass is 16.1. The molecule has 1 fully saturated rings. The van der Waals surface area contributed by atoms with Gasteiger partial charge in [-0.05, 0) is 40.7 Å². The maximum atomic E-state index is 11.1. The molecule has 2 heteroatoms. The highest BCUT2D eigenvalue weighted by Crippen LogP contribution is 2.24. The third-order valence-electron chi connectivity index (χ3n) is 2.71. The Labute approximate surface area is 74.9 Å². The summed E-state index contributed by atoms with van der Waals surface area (Å²) in [5.74, 6) is 0.644. The fraction of sp³-hybridized carbons (Fsp3) is 0.900. The molecule has 0 aromatic heterocycles. The molecule has 0 aromatic rings. The molecule has 1 rings (SSSR count). The molecule has 1 aliphatic rings. The third kappa shape index (κ3) is 2.07. The number of carbonyl (C=O) groups is 1. The summed E-state index contributed by atoms with van der Waals surface area (Å²) in [5.41, 5.74) is 0.226. The van der Waals surface area contributed by atoms with Crippen molar-refractivity contribution in [3.8, 4) is 0 Å². The zero-order valence-electron chi connectivity index (χ0n) is 8.55. The lowest BCUT2D eigenvalue weighted by molar-refractivity contribution is -0.120. The first kappa shape index (κ1) is 9.72. The standard InChI is InChI=1S/C10H19NO/c1-8(12)9-5-6-11(7-9)10(2,3)4/h9H,5-7H2,1-4H3/t9-/m0/s1. The summed E-state index contributed by atoms with van der Waals surface area (Å²) in [6.45, 7) is 10.4. The Morgan fingerprint density at radius 3 is 2.25 bits per heavy atom. The molecular weight excluding hydrogens is 150 g/mol. The quantitative estimate of drug-likeness (QED) is 0.595. The van der Waals surface area contributed by atoms with Crippen LogP contribution < -0.4 is 0 Å². The van der Waals surface area contributed by atoms with Crippen LogP contribution in [-0.2, 0) is 4.79 Å². The van der Waals surface area contributed by atoms with Crippen molar-refractivity contribution in [2.45, 2.75) is 39.7 Å². The molecular formula is C10H19NO. The van der Waals surface area contributed by atoms with Crippen LogP contribution in [0.1, 0.15) is 34.1 Å². The summed E-state index contributed by atoms with van der Waals surface area (Å²) in [5, 5.41) is 0. The highest BCUT2D eigenvalue weighted by Gasteiger charge is 2.31. The lowest BCUT2D eigenvalue weighted by Crippen LogP contribution is -2.39. The Morgan fingerprint density at radius 2 is 2.00 bits per heavy atom. The summed E-state index contributed by atoms with van der Waals surface area (Å²) in [7, 11) is 0. The Bertz CT molecular complexity index is 181. The maximum Gasteiger partial charge on any atom is 0.134 e. The first-order valence-electron chi connectivity index (χ1n) is 4.67. The minimum atomic E-state index is 0.226. The van der Waals surface area contributed by atoms with Gasteiger partial charge < -0.3 is 0 Å². The molecule has 0 aliphatic carbocycles. The van der Waals surface area contributed by atoms with Crippen molar-refractivity contribution >= 4 is 5.78 Å². The van der Waals surface area contributed by atoms with E-state index in [2.05, 4.69) is 25.7 Å². The second-order valence-corrected chi connectivity index (χ2v) is 4.71. The Hall–Kier alpha value is -0.370. The first-order chi connectivity index (χ1) is 5.41. The molecule has 0 radical (unpaired) electrons. The van der Waals surface area contributed by atoms with Crippen LogP contribution in [0, 0.1) is 5.92 Å². The Kier molecular flexibility index (Phi) is 2.57. The molecule has 0 saturated carbocycles. The number of Topliss-reactive ketones (excluding diaryl/α,β-unsaturated/α-hetero) is 1. The minimum Gasteiger partial charge on any atom is -0.300 e. The fourth-order valence-corrected chi connectivity index (χ4v) is 1.70. The van der Waals surface area contributed by atoms with Gasteiger partial charge in [-0.1, -0.05) is 0 Å². The second kappa shape index (κ2) is 3.17. The van der Waals surface area contributed by atoms with Crippen LogP contribution in [-0.4, -0.2) is 29.3 Å². The van der Waals surface area contributed by atoms with Crippen LogP contribution in [0.3, 0.4) is 0 Å². The Morgan fingerprint density at radius 1 is 1.42 bits per heavy atom. The van der Waals surface area contributed by atoms with Crippen molar-refractivity contribution in [3.63, 3.8) is 0 Å². The molecule has 1 saturated heterocycles. The molecule has 0 aromatic carbocycles. The maximum absolute atomic E-state index is 11.1. The van der Waals surface area contributed by atoms with Crippen LogP contribution in [0.2, 0.25) is 0 Å². The van der Waals surface area contributed by atoms with Crippen molar-refractivity contribution in [1.82, 2.24) is 4.90 Å². The van der Waals surface area contributed by atoms with E-state index < -0.39 is 0 Å². The molecule has 12 heavy (non-hydrogen) atoms. The third-order valence-corrected chi connectivity index (χ3v) is 2.71. The summed E-state index contributed by atoms with van der Waals surface area (Å²) >= 11 is 0. The van der Waals surface area contributed by atoms with Gasteiger partial charge in [-0.3, -0.25) is 9.69 Å². The molecule has 0 N–H and O–H groups in total. The van der Waals surface area contributed by atoms with E-state index in [0.717, 1.165) is 19.5 Å². The molecule has 70 valence electrons. The lowest BCUT2D eigenvalue weighted by atomic mass is 10.0. The summed E-state index contributed by atoms with van der Waals surface area (Å²) in [4.78, 5) is 13.5. The van der Waals surface area contributed by atoms with Crippen molar-refractivity contribution in [3.05, 3.63) is 0 Å². The van der Waals surface area contributed by atoms with Gasteiger partial charge >= 0.3 is 0 Å². The van der Waals surface area contributed by atoms with Gasteiger partial charge in [0.1, 0.15) is 5.78 Å². The van der Waals surface area contributed by atoms with Gasteiger partial charge in [0.05, 0.1) is 0 Å². The van der Waals surface area contributed by atoms with E-state index >= 15 is 0 Å². The summed E-state index contributed by atoms with van der Waals surface area (Å²) < 4.78 is 0. The van der Waals surface area contributed by atoms with Crippen molar-refractivity contribution in [2.24, 2.45) is 5.92 Å². The van der Waals surface area contributed by atoms with E-state index in [0.29, 0.717) is 11.7 Å². The van der Waals surface area contributed by atoms with Crippen LogP contribution in [0.5, 0.6) is 0 Å².